The van der Waals surface area contributed by atoms with Crippen LogP contribution in [0.25, 0.3) is 0 Å². The maximum absolute atomic E-state index is 13.3. The molecule has 6 aliphatic rings. The molecule has 382 valence electrons. The van der Waals surface area contributed by atoms with E-state index >= 15 is 0 Å². The maximum atomic E-state index is 13.3. The highest BCUT2D eigenvalue weighted by molar-refractivity contribution is 5.81. The van der Waals surface area contributed by atoms with Crippen LogP contribution in [0.3, 0.4) is 0 Å². The lowest BCUT2D eigenvalue weighted by Crippen LogP contribution is -2.39. The van der Waals surface area contributed by atoms with E-state index in [9.17, 15) is 28.8 Å². The van der Waals surface area contributed by atoms with Crippen LogP contribution in [0.2, 0.25) is 0 Å². The van der Waals surface area contributed by atoms with Gasteiger partial charge in [0.2, 0.25) is 0 Å². The summed E-state index contributed by atoms with van der Waals surface area (Å²) in [5, 5.41) is 0. The Morgan fingerprint density at radius 3 is 1.00 bits per heavy atom. The van der Waals surface area contributed by atoms with E-state index < -0.39 is 24.4 Å². The molecule has 16 heteroatoms. The average Bonchev–Trinajstić information content (AvgIpc) is 3.96. The molecule has 4 saturated carbocycles. The molecule has 0 aromatic carbocycles. The fourth-order valence-corrected chi connectivity index (χ4v) is 10.5. The van der Waals surface area contributed by atoms with Crippen LogP contribution >= 0.6 is 0 Å². The van der Waals surface area contributed by atoms with Gasteiger partial charge >= 0.3 is 35.8 Å². The summed E-state index contributed by atoms with van der Waals surface area (Å²) in [6.45, 7) is 9.30. The van der Waals surface area contributed by atoms with Crippen molar-refractivity contribution in [2.24, 2.45) is 23.7 Å². The Bertz CT molecular complexity index is 1500. The summed E-state index contributed by atoms with van der Waals surface area (Å²) in [6, 6.07) is 0. The summed E-state index contributed by atoms with van der Waals surface area (Å²) < 4.78 is 57.8. The van der Waals surface area contributed by atoms with Crippen molar-refractivity contribution in [3.05, 3.63) is 25.3 Å². The first-order valence-electron chi connectivity index (χ1n) is 26.0. The minimum atomic E-state index is -0.594. The Balaban J connectivity index is 0.772. The molecule has 4 aliphatic carbocycles. The average molecular weight is 959 g/mol. The van der Waals surface area contributed by atoms with Crippen molar-refractivity contribution in [1.82, 2.24) is 0 Å². The van der Waals surface area contributed by atoms with Gasteiger partial charge in [-0.25, -0.2) is 9.59 Å². The van der Waals surface area contributed by atoms with Crippen LogP contribution in [0.15, 0.2) is 25.3 Å². The van der Waals surface area contributed by atoms with Crippen LogP contribution in [0, 0.1) is 23.7 Å². The summed E-state index contributed by atoms with van der Waals surface area (Å²) >= 11 is 0. The second-order valence-electron chi connectivity index (χ2n) is 19.6. The highest BCUT2D eigenvalue weighted by Crippen LogP contribution is 2.36. The third-order valence-corrected chi connectivity index (χ3v) is 14.7. The molecule has 0 aromatic heterocycles. The molecule has 4 atom stereocenters. The number of hydrogen-bond acceptors (Lipinski definition) is 16. The van der Waals surface area contributed by atoms with Gasteiger partial charge in [0.05, 0.1) is 62.3 Å². The third-order valence-electron chi connectivity index (χ3n) is 14.7. The molecule has 0 spiro atoms. The molecule has 0 radical (unpaired) electrons. The SMILES string of the molecule is C=CC(=O)OCCCCCCOC1CCC(C(=O)OC2CCC(C(=O)OC3COC4C(OC(=O)C5CCC(OC(=O)C6CCC(OCCCCCCOC(=O)C=C)CC6)CC5)COC34)CC2)CC1. The lowest BCUT2D eigenvalue weighted by Gasteiger charge is -2.31. The topological polar surface area (TPSA) is 195 Å². The predicted octanol–water partition coefficient (Wildman–Crippen LogP) is 7.54. The van der Waals surface area contributed by atoms with Gasteiger partial charge in [-0.1, -0.05) is 26.0 Å². The van der Waals surface area contributed by atoms with E-state index in [4.69, 9.17) is 47.4 Å². The zero-order valence-electron chi connectivity index (χ0n) is 40.2. The molecule has 0 aromatic rings. The van der Waals surface area contributed by atoms with Crippen LogP contribution < -0.4 is 0 Å². The molecule has 0 bridgehead atoms. The van der Waals surface area contributed by atoms with E-state index in [1.165, 1.54) is 12.2 Å². The van der Waals surface area contributed by atoms with Gasteiger partial charge in [-0.15, -0.1) is 0 Å². The van der Waals surface area contributed by atoms with Crippen LogP contribution in [0.1, 0.15) is 154 Å². The van der Waals surface area contributed by atoms with Gasteiger partial charge in [-0.05, 0) is 141 Å². The van der Waals surface area contributed by atoms with Gasteiger partial charge in [-0.3, -0.25) is 19.2 Å². The summed E-state index contributed by atoms with van der Waals surface area (Å²) in [7, 11) is 0. The molecule has 68 heavy (non-hydrogen) atoms. The molecular weight excluding hydrogens is 881 g/mol. The molecule has 2 saturated heterocycles. The van der Waals surface area contributed by atoms with Crippen molar-refractivity contribution in [3.63, 3.8) is 0 Å². The van der Waals surface area contributed by atoms with Crippen molar-refractivity contribution in [3.8, 4) is 0 Å². The number of unbranched alkanes of at least 4 members (excludes halogenated alkanes) is 6. The molecular formula is C52H78O16. The molecule has 4 unspecified atom stereocenters. The van der Waals surface area contributed by atoms with Crippen molar-refractivity contribution in [1.29, 1.82) is 0 Å². The Kier molecular flexibility index (Phi) is 22.6. The Labute approximate surface area is 402 Å². The van der Waals surface area contributed by atoms with Crippen molar-refractivity contribution >= 4 is 35.8 Å². The fourth-order valence-electron chi connectivity index (χ4n) is 10.5. The van der Waals surface area contributed by atoms with Crippen LogP contribution in [0.5, 0.6) is 0 Å². The number of carbonyl (C=O) groups excluding carboxylic acids is 6. The first-order chi connectivity index (χ1) is 33.1. The molecule has 16 nitrogen and oxygen atoms in total. The molecule has 0 amide bonds. The predicted molar refractivity (Wildman–Crippen MR) is 246 cm³/mol. The van der Waals surface area contributed by atoms with Crippen molar-refractivity contribution in [2.45, 2.75) is 203 Å². The Hall–Kier alpha value is -3.86. The van der Waals surface area contributed by atoms with E-state index in [1.54, 1.807) is 0 Å². The number of ether oxygens (including phenoxy) is 10. The minimum absolute atomic E-state index is 0.126. The van der Waals surface area contributed by atoms with Crippen LogP contribution in [-0.4, -0.2) is 124 Å². The summed E-state index contributed by atoms with van der Waals surface area (Å²) in [5.41, 5.74) is 0. The van der Waals surface area contributed by atoms with Crippen LogP contribution in [-0.2, 0) is 76.1 Å². The number of rotatable bonds is 26. The highest BCUT2D eigenvalue weighted by Gasteiger charge is 2.52. The summed E-state index contributed by atoms with van der Waals surface area (Å²) in [4.78, 5) is 74.9. The van der Waals surface area contributed by atoms with E-state index in [1.807, 2.05) is 0 Å². The van der Waals surface area contributed by atoms with E-state index in [2.05, 4.69) is 13.2 Å². The quantitative estimate of drug-likeness (QED) is 0.0357. The number of esters is 6. The van der Waals surface area contributed by atoms with Gasteiger partial charge in [0, 0.05) is 25.4 Å². The molecule has 2 heterocycles. The second kappa shape index (κ2) is 28.7. The highest BCUT2D eigenvalue weighted by atomic mass is 16.7. The Morgan fingerprint density at radius 2 is 0.676 bits per heavy atom. The molecule has 2 aliphatic heterocycles. The van der Waals surface area contributed by atoms with E-state index in [0.717, 1.165) is 103 Å². The van der Waals surface area contributed by atoms with Crippen LogP contribution in [0.4, 0.5) is 0 Å². The third kappa shape index (κ3) is 17.2. The van der Waals surface area contributed by atoms with E-state index in [-0.39, 0.29) is 97.1 Å². The summed E-state index contributed by atoms with van der Waals surface area (Å²) in [6.07, 6.45) is 18.6. The summed E-state index contributed by atoms with van der Waals surface area (Å²) in [5.74, 6) is -2.53. The number of hydrogen-bond donors (Lipinski definition) is 0. The zero-order chi connectivity index (χ0) is 48.1. The first-order valence-corrected chi connectivity index (χ1v) is 26.0. The first kappa shape index (κ1) is 53.5. The van der Waals surface area contributed by atoms with Crippen molar-refractivity contribution in [2.75, 3.05) is 39.6 Å². The van der Waals surface area contributed by atoms with Gasteiger partial charge in [0.15, 0.2) is 12.2 Å². The number of carbonyl (C=O) groups is 6. The molecule has 0 N–H and O–H groups in total. The maximum Gasteiger partial charge on any atom is 0.330 e. The zero-order valence-corrected chi connectivity index (χ0v) is 40.2. The molecule has 6 rings (SSSR count). The lowest BCUT2D eigenvalue weighted by atomic mass is 9.86. The lowest BCUT2D eigenvalue weighted by molar-refractivity contribution is -0.164. The monoisotopic (exact) mass is 959 g/mol. The minimum Gasteiger partial charge on any atom is -0.463 e. The number of fused-ring (bicyclic) bond motifs is 1. The smallest absolute Gasteiger partial charge is 0.330 e. The van der Waals surface area contributed by atoms with E-state index in [0.29, 0.717) is 77.8 Å². The van der Waals surface area contributed by atoms with Gasteiger partial charge in [-0.2, -0.15) is 0 Å². The van der Waals surface area contributed by atoms with Gasteiger partial charge in [0.25, 0.3) is 0 Å². The standard InChI is InChI=1S/C52H78O16/c1-3-45(53)61-31-11-7-5-9-29-59-39-21-13-35(14-22-39)49(55)65-41-25-17-37(18-26-41)51(57)67-43-33-63-48-44(34-64-47(43)48)68-52(58)38-19-27-42(28-20-38)66-50(56)36-15-23-40(24-16-36)60-30-10-6-8-12-32-62-46(54)4-2/h3-4,35-44,47-48H,1-2,5-34H2. The second-order valence-corrected chi connectivity index (χ2v) is 19.6. The van der Waals surface area contributed by atoms with Gasteiger partial charge < -0.3 is 47.4 Å². The van der Waals surface area contributed by atoms with Crippen molar-refractivity contribution < 1.29 is 76.1 Å². The largest absolute Gasteiger partial charge is 0.463 e. The molecule has 6 fully saturated rings. The Morgan fingerprint density at radius 1 is 0.382 bits per heavy atom. The normalized spacial score (nSPS) is 31.4. The fraction of sp³-hybridized carbons (Fsp3) is 0.808. The van der Waals surface area contributed by atoms with Gasteiger partial charge in [0.1, 0.15) is 24.4 Å².